The summed E-state index contributed by atoms with van der Waals surface area (Å²) in [5.74, 6) is -6.68. The second-order valence-corrected chi connectivity index (χ2v) is 13.7. The molecule has 13 heteroatoms. The van der Waals surface area contributed by atoms with Gasteiger partial charge in [-0.3, -0.25) is 29.8 Å². The van der Waals surface area contributed by atoms with Crippen LogP contribution in [0.25, 0.3) is 0 Å². The highest BCUT2D eigenvalue weighted by Crippen LogP contribution is 2.65. The van der Waals surface area contributed by atoms with E-state index in [1.165, 1.54) is 19.2 Å². The molecule has 4 aliphatic rings. The number of phenolic OH excluding ortho intramolecular Hbond substituents is 1. The highest BCUT2D eigenvalue weighted by Gasteiger charge is 2.70. The number of imide groups is 2. The van der Waals surface area contributed by atoms with E-state index >= 15 is 4.79 Å². The van der Waals surface area contributed by atoms with Crippen molar-refractivity contribution in [1.82, 2.24) is 10.1 Å². The lowest BCUT2D eigenvalue weighted by molar-refractivity contribution is -0.173. The largest absolute Gasteiger partial charge is 0.508 e. The molecule has 0 aromatic heterocycles. The van der Waals surface area contributed by atoms with E-state index in [1.807, 2.05) is 6.08 Å². The number of anilines is 1. The van der Waals surface area contributed by atoms with Crippen LogP contribution in [0.3, 0.4) is 0 Å². The monoisotopic (exact) mass is 725 g/mol. The van der Waals surface area contributed by atoms with E-state index in [9.17, 15) is 24.7 Å². The van der Waals surface area contributed by atoms with Gasteiger partial charge in [0, 0.05) is 21.0 Å². The number of hydrogen-bond acceptors (Lipinski definition) is 8. The van der Waals surface area contributed by atoms with Gasteiger partial charge in [0.05, 0.1) is 41.0 Å². The number of rotatable bonds is 5. The molecule has 1 saturated carbocycles. The van der Waals surface area contributed by atoms with E-state index in [-0.39, 0.29) is 34.4 Å². The fourth-order valence-corrected chi connectivity index (χ4v) is 8.76. The lowest BCUT2D eigenvalue weighted by Crippen LogP contribution is -2.53. The Kier molecular flexibility index (Phi) is 7.43. The molecule has 2 aliphatic carbocycles. The average Bonchev–Trinajstić information content (AvgIpc) is 3.40. The van der Waals surface area contributed by atoms with Gasteiger partial charge in [0.25, 0.3) is 23.6 Å². The first-order valence-electron chi connectivity index (χ1n) is 14.5. The maximum Gasteiger partial charge on any atom is 0.260 e. The summed E-state index contributed by atoms with van der Waals surface area (Å²) < 4.78 is 6.01. The topological polar surface area (TPSA) is 136 Å². The van der Waals surface area contributed by atoms with Gasteiger partial charge in [-0.15, -0.1) is 0 Å². The SMILES string of the molecule is COc1ccc([C@@]23C(=O)N(Nc4ccc(Cl)cc4Cl)C(=O)[C@@H]2C[C@@H]2C(=CC[C@@H]4C(=O)N(O)C(=O)[C@@H]42)[C@@H]3c2cc(Br)ccc2O)cc1. The number of amides is 4. The first kappa shape index (κ1) is 30.7. The fraction of sp³-hybridized carbons (Fsp3) is 0.273. The fourth-order valence-electron chi connectivity index (χ4n) is 7.93. The van der Waals surface area contributed by atoms with Crippen LogP contribution in [0.5, 0.6) is 11.5 Å². The van der Waals surface area contributed by atoms with Crippen LogP contribution >= 0.6 is 39.1 Å². The summed E-state index contributed by atoms with van der Waals surface area (Å²) in [4.78, 5) is 55.9. The molecule has 7 rings (SSSR count). The molecule has 10 nitrogen and oxygen atoms in total. The van der Waals surface area contributed by atoms with E-state index < -0.39 is 58.6 Å². The van der Waals surface area contributed by atoms with Crippen LogP contribution in [0, 0.1) is 23.7 Å². The Balaban J connectivity index is 1.49. The molecule has 2 aliphatic heterocycles. The van der Waals surface area contributed by atoms with Crippen molar-refractivity contribution in [3.8, 4) is 11.5 Å². The second-order valence-electron chi connectivity index (χ2n) is 11.9. The summed E-state index contributed by atoms with van der Waals surface area (Å²) >= 11 is 16.1. The molecule has 2 heterocycles. The molecule has 0 spiro atoms. The number of phenols is 1. The van der Waals surface area contributed by atoms with Crippen molar-refractivity contribution in [2.45, 2.75) is 24.2 Å². The first-order valence-corrected chi connectivity index (χ1v) is 16.0. The summed E-state index contributed by atoms with van der Waals surface area (Å²) in [5.41, 5.74) is 3.04. The minimum absolute atomic E-state index is 0.0221. The molecule has 4 amide bonds. The van der Waals surface area contributed by atoms with Gasteiger partial charge in [0.15, 0.2) is 0 Å². The number of ether oxygens (including phenoxy) is 1. The number of hydrogen-bond donors (Lipinski definition) is 3. The van der Waals surface area contributed by atoms with Crippen LogP contribution in [0.1, 0.15) is 29.9 Å². The molecule has 236 valence electrons. The summed E-state index contributed by atoms with van der Waals surface area (Å²) in [6.07, 6.45) is 1.98. The summed E-state index contributed by atoms with van der Waals surface area (Å²) in [6, 6.07) is 16.3. The molecule has 0 radical (unpaired) electrons. The van der Waals surface area contributed by atoms with E-state index in [0.29, 0.717) is 31.9 Å². The zero-order valence-electron chi connectivity index (χ0n) is 24.1. The molecule has 6 atom stereocenters. The Morgan fingerprint density at radius 2 is 1.70 bits per heavy atom. The number of nitrogens with zero attached hydrogens (tertiary/aromatic N) is 2. The lowest BCUT2D eigenvalue weighted by Gasteiger charge is -2.50. The summed E-state index contributed by atoms with van der Waals surface area (Å²) in [6.45, 7) is 0. The van der Waals surface area contributed by atoms with Crippen molar-refractivity contribution in [2.24, 2.45) is 23.7 Å². The summed E-state index contributed by atoms with van der Waals surface area (Å²) in [5, 5.41) is 23.4. The van der Waals surface area contributed by atoms with Crippen LogP contribution in [0.2, 0.25) is 10.0 Å². The number of hydroxylamine groups is 2. The lowest BCUT2D eigenvalue weighted by atomic mass is 9.49. The van der Waals surface area contributed by atoms with Crippen LogP contribution in [0.4, 0.5) is 5.69 Å². The number of methoxy groups -OCH3 is 1. The van der Waals surface area contributed by atoms with Crippen molar-refractivity contribution in [3.05, 3.63) is 98.0 Å². The molecule has 0 unspecified atom stereocenters. The van der Waals surface area contributed by atoms with Gasteiger partial charge in [0.2, 0.25) is 0 Å². The minimum Gasteiger partial charge on any atom is -0.508 e. The third-order valence-corrected chi connectivity index (χ3v) is 10.9. The van der Waals surface area contributed by atoms with Gasteiger partial charge in [0.1, 0.15) is 11.5 Å². The molecular formula is C33H26BrCl2N3O7. The number of halogens is 3. The number of carbonyl (C=O) groups is 4. The van der Waals surface area contributed by atoms with Crippen molar-refractivity contribution in [3.63, 3.8) is 0 Å². The van der Waals surface area contributed by atoms with Gasteiger partial charge < -0.3 is 9.84 Å². The molecule has 3 aromatic carbocycles. The molecule has 2 saturated heterocycles. The predicted octanol–water partition coefficient (Wildman–Crippen LogP) is 5.84. The van der Waals surface area contributed by atoms with Gasteiger partial charge in [-0.2, -0.15) is 10.1 Å². The van der Waals surface area contributed by atoms with Crippen LogP contribution < -0.4 is 10.2 Å². The van der Waals surface area contributed by atoms with Crippen LogP contribution in [0.15, 0.2) is 76.8 Å². The van der Waals surface area contributed by atoms with Gasteiger partial charge in [-0.25, -0.2) is 0 Å². The van der Waals surface area contributed by atoms with Crippen molar-refractivity contribution in [1.29, 1.82) is 0 Å². The highest BCUT2D eigenvalue weighted by atomic mass is 79.9. The Bertz CT molecular complexity index is 1870. The zero-order valence-corrected chi connectivity index (χ0v) is 27.2. The number of benzene rings is 3. The van der Waals surface area contributed by atoms with Gasteiger partial charge in [-0.05, 0) is 72.9 Å². The number of nitrogens with one attached hydrogen (secondary N) is 1. The normalized spacial score (nSPS) is 28.5. The number of aromatic hydroxyl groups is 1. The number of carbonyl (C=O) groups excluding carboxylic acids is 4. The third kappa shape index (κ3) is 4.32. The van der Waals surface area contributed by atoms with E-state index in [0.717, 1.165) is 5.01 Å². The highest BCUT2D eigenvalue weighted by molar-refractivity contribution is 9.10. The molecule has 3 aromatic rings. The van der Waals surface area contributed by atoms with Crippen LogP contribution in [-0.4, -0.2) is 51.1 Å². The molecule has 3 fully saturated rings. The number of allylic oxidation sites excluding steroid dienone is 2. The number of fused-ring (bicyclic) bond motifs is 4. The first-order chi connectivity index (χ1) is 22.0. The Morgan fingerprint density at radius 1 is 0.957 bits per heavy atom. The van der Waals surface area contributed by atoms with Crippen molar-refractivity contribution in [2.75, 3.05) is 12.5 Å². The van der Waals surface area contributed by atoms with Gasteiger partial charge >= 0.3 is 0 Å². The van der Waals surface area contributed by atoms with Crippen molar-refractivity contribution >= 4 is 68.4 Å². The third-order valence-electron chi connectivity index (χ3n) is 9.86. The second kappa shape index (κ2) is 11.1. The summed E-state index contributed by atoms with van der Waals surface area (Å²) in [7, 11) is 1.52. The van der Waals surface area contributed by atoms with Crippen molar-refractivity contribution < 1.29 is 34.2 Å². The average molecular weight is 727 g/mol. The maximum atomic E-state index is 15.1. The molecule has 0 bridgehead atoms. The van der Waals surface area contributed by atoms with E-state index in [1.54, 1.807) is 48.5 Å². The van der Waals surface area contributed by atoms with E-state index in [2.05, 4.69) is 21.4 Å². The Morgan fingerprint density at radius 3 is 2.39 bits per heavy atom. The quantitative estimate of drug-likeness (QED) is 0.170. The van der Waals surface area contributed by atoms with Gasteiger partial charge in [-0.1, -0.05) is 62.9 Å². The minimum atomic E-state index is -1.62. The number of hydrazine groups is 1. The molecule has 3 N–H and O–H groups in total. The van der Waals surface area contributed by atoms with E-state index in [4.69, 9.17) is 27.9 Å². The molecule has 46 heavy (non-hydrogen) atoms. The smallest absolute Gasteiger partial charge is 0.260 e. The molecular weight excluding hydrogens is 701 g/mol. The standard InChI is InChI=1S/C33H26BrCl2N3O7/c1-46-18-6-2-15(3-7-18)33-23(30(42)38(32(33)44)37-25-10-5-17(35)13-24(25)36)14-21-19(28(33)22-12-16(34)4-11-26(22)40)8-9-20-27(21)31(43)39(45)29(20)41/h2-8,10-13,20-21,23,27-28,37,40,45H,9,14H2,1H3/t20-,21+,23-,27-,28+,33+/m0/s1. The Labute approximate surface area is 281 Å². The van der Waals surface area contributed by atoms with Crippen LogP contribution in [-0.2, 0) is 24.6 Å². The Hall–Kier alpha value is -3.90. The zero-order chi connectivity index (χ0) is 32.7. The predicted molar refractivity (Wildman–Crippen MR) is 170 cm³/mol. The maximum absolute atomic E-state index is 15.1.